The summed E-state index contributed by atoms with van der Waals surface area (Å²) in [6.07, 6.45) is -0.663. The zero-order valence-corrected chi connectivity index (χ0v) is 9.69. The summed E-state index contributed by atoms with van der Waals surface area (Å²) < 4.78 is 10.4. The summed E-state index contributed by atoms with van der Waals surface area (Å²) in [4.78, 5) is 21.4. The van der Waals surface area contributed by atoms with Crippen molar-refractivity contribution in [3.63, 3.8) is 0 Å². The van der Waals surface area contributed by atoms with E-state index < -0.39 is 12.3 Å². The molecule has 0 aliphatic carbocycles. The van der Waals surface area contributed by atoms with Gasteiger partial charge in [0.25, 0.3) is 0 Å². The molecule has 0 aliphatic heterocycles. The van der Waals surface area contributed by atoms with Gasteiger partial charge in [-0.25, -0.2) is 0 Å². The van der Waals surface area contributed by atoms with Crippen molar-refractivity contribution in [3.8, 4) is 0 Å². The molecule has 0 rings (SSSR count). The first kappa shape index (κ1) is 14.9. The molecule has 0 aromatic heterocycles. The van der Waals surface area contributed by atoms with Crippen LogP contribution in [0.2, 0.25) is 0 Å². The smallest absolute Gasteiger partial charge is 0.303 e. The van der Waals surface area contributed by atoms with Crippen molar-refractivity contribution < 1.29 is 24.2 Å². The number of ether oxygens (including phenoxy) is 2. The lowest BCUT2D eigenvalue weighted by Crippen LogP contribution is -2.35. The molecule has 0 aromatic rings. The molecule has 0 bridgehead atoms. The van der Waals surface area contributed by atoms with Crippen molar-refractivity contribution in [1.29, 1.82) is 0 Å². The van der Waals surface area contributed by atoms with Gasteiger partial charge < -0.3 is 19.9 Å². The SMILES string of the molecule is CCOC(CNC(=O)CCC(=O)O)OCC. The fraction of sp³-hybridized carbons (Fsp3) is 0.800. The van der Waals surface area contributed by atoms with Crippen molar-refractivity contribution in [1.82, 2.24) is 5.32 Å². The van der Waals surface area contributed by atoms with Gasteiger partial charge in [-0.05, 0) is 13.8 Å². The maximum absolute atomic E-state index is 11.2. The Morgan fingerprint density at radius 1 is 1.19 bits per heavy atom. The van der Waals surface area contributed by atoms with Crippen LogP contribution in [-0.4, -0.2) is 43.0 Å². The first-order valence-electron chi connectivity index (χ1n) is 5.31. The third kappa shape index (κ3) is 8.19. The Morgan fingerprint density at radius 3 is 2.19 bits per heavy atom. The van der Waals surface area contributed by atoms with Crippen molar-refractivity contribution in [2.45, 2.75) is 33.0 Å². The molecule has 16 heavy (non-hydrogen) atoms. The maximum Gasteiger partial charge on any atom is 0.303 e. The van der Waals surface area contributed by atoms with Crippen molar-refractivity contribution in [3.05, 3.63) is 0 Å². The molecule has 0 radical (unpaired) electrons. The lowest BCUT2D eigenvalue weighted by molar-refractivity contribution is -0.142. The number of carboxylic acids is 1. The lowest BCUT2D eigenvalue weighted by atomic mass is 10.3. The molecule has 94 valence electrons. The number of carbonyl (C=O) groups is 2. The number of aliphatic carboxylic acids is 1. The van der Waals surface area contributed by atoms with E-state index >= 15 is 0 Å². The van der Waals surface area contributed by atoms with Gasteiger partial charge in [0.1, 0.15) is 0 Å². The summed E-state index contributed by atoms with van der Waals surface area (Å²) in [7, 11) is 0. The van der Waals surface area contributed by atoms with E-state index in [0.29, 0.717) is 13.2 Å². The van der Waals surface area contributed by atoms with E-state index in [-0.39, 0.29) is 25.3 Å². The summed E-state index contributed by atoms with van der Waals surface area (Å²) in [5.41, 5.74) is 0. The number of carbonyl (C=O) groups excluding carboxylic acids is 1. The summed E-state index contributed by atoms with van der Waals surface area (Å²) in [5, 5.41) is 10.9. The molecule has 0 spiro atoms. The van der Waals surface area contributed by atoms with Gasteiger partial charge in [0.15, 0.2) is 6.29 Å². The molecule has 0 saturated carbocycles. The molecule has 0 saturated heterocycles. The average Bonchev–Trinajstić information content (AvgIpc) is 2.23. The normalized spacial score (nSPS) is 10.4. The van der Waals surface area contributed by atoms with Gasteiger partial charge in [0.05, 0.1) is 13.0 Å². The highest BCUT2D eigenvalue weighted by molar-refractivity contribution is 5.80. The summed E-state index contributed by atoms with van der Waals surface area (Å²) in [6, 6.07) is 0. The van der Waals surface area contributed by atoms with Crippen LogP contribution in [0.3, 0.4) is 0 Å². The largest absolute Gasteiger partial charge is 0.481 e. The minimum absolute atomic E-state index is 0.0275. The quantitative estimate of drug-likeness (QED) is 0.562. The molecule has 0 unspecified atom stereocenters. The van der Waals surface area contributed by atoms with Crippen LogP contribution in [0.5, 0.6) is 0 Å². The minimum atomic E-state index is -0.985. The molecule has 1 amide bonds. The molecular weight excluding hydrogens is 214 g/mol. The van der Waals surface area contributed by atoms with Gasteiger partial charge in [-0.3, -0.25) is 9.59 Å². The first-order chi connectivity index (χ1) is 7.60. The third-order valence-electron chi connectivity index (χ3n) is 1.74. The van der Waals surface area contributed by atoms with E-state index in [4.69, 9.17) is 14.6 Å². The number of amides is 1. The standard InChI is InChI=1S/C10H19NO5/c1-3-15-10(16-4-2)7-11-8(12)5-6-9(13)14/h10H,3-7H2,1-2H3,(H,11,12)(H,13,14). The molecule has 6 nitrogen and oxygen atoms in total. The molecule has 0 aromatic carbocycles. The lowest BCUT2D eigenvalue weighted by Gasteiger charge is -2.17. The Kier molecular flexibility index (Phi) is 8.46. The van der Waals surface area contributed by atoms with Gasteiger partial charge in [-0.15, -0.1) is 0 Å². The van der Waals surface area contributed by atoms with Gasteiger partial charge in [0, 0.05) is 19.6 Å². The third-order valence-corrected chi connectivity index (χ3v) is 1.74. The molecule has 6 heteroatoms. The summed E-state index contributed by atoms with van der Waals surface area (Å²) in [6.45, 7) is 4.89. The first-order valence-corrected chi connectivity index (χ1v) is 5.31. The van der Waals surface area contributed by atoms with E-state index in [9.17, 15) is 9.59 Å². The number of hydrogen-bond acceptors (Lipinski definition) is 4. The minimum Gasteiger partial charge on any atom is -0.481 e. The van der Waals surface area contributed by atoms with Crippen LogP contribution in [0.25, 0.3) is 0 Å². The van der Waals surface area contributed by atoms with E-state index in [1.54, 1.807) is 0 Å². The highest BCUT2D eigenvalue weighted by Gasteiger charge is 2.10. The predicted octanol–water partition coefficient (Wildman–Crippen LogP) is 0.366. The van der Waals surface area contributed by atoms with Crippen molar-refractivity contribution >= 4 is 11.9 Å². The molecule has 0 aliphatic rings. The molecule has 0 heterocycles. The number of carboxylic acid groups (broad SMARTS) is 1. The zero-order chi connectivity index (χ0) is 12.4. The average molecular weight is 233 g/mol. The second-order valence-electron chi connectivity index (χ2n) is 3.04. The van der Waals surface area contributed by atoms with Gasteiger partial charge >= 0.3 is 5.97 Å². The van der Waals surface area contributed by atoms with Crippen LogP contribution in [0.15, 0.2) is 0 Å². The Morgan fingerprint density at radius 2 is 1.75 bits per heavy atom. The maximum atomic E-state index is 11.2. The Balaban J connectivity index is 3.72. The van der Waals surface area contributed by atoms with Crippen LogP contribution in [0.4, 0.5) is 0 Å². The summed E-state index contributed by atoms with van der Waals surface area (Å²) >= 11 is 0. The molecule has 0 fully saturated rings. The highest BCUT2D eigenvalue weighted by atomic mass is 16.7. The Bertz CT molecular complexity index is 213. The highest BCUT2D eigenvalue weighted by Crippen LogP contribution is 1.94. The molecule has 0 atom stereocenters. The van der Waals surface area contributed by atoms with Gasteiger partial charge in [-0.1, -0.05) is 0 Å². The topological polar surface area (TPSA) is 84.9 Å². The van der Waals surface area contributed by atoms with Crippen LogP contribution in [0.1, 0.15) is 26.7 Å². The van der Waals surface area contributed by atoms with E-state index in [2.05, 4.69) is 5.32 Å². The molecule has 2 N–H and O–H groups in total. The van der Waals surface area contributed by atoms with Crippen LogP contribution in [-0.2, 0) is 19.1 Å². The Hall–Kier alpha value is -1.14. The second kappa shape index (κ2) is 9.11. The number of rotatable bonds is 9. The monoisotopic (exact) mass is 233 g/mol. The zero-order valence-electron chi connectivity index (χ0n) is 9.69. The Labute approximate surface area is 94.9 Å². The second-order valence-corrected chi connectivity index (χ2v) is 3.04. The van der Waals surface area contributed by atoms with Crippen LogP contribution < -0.4 is 5.32 Å². The predicted molar refractivity (Wildman–Crippen MR) is 56.9 cm³/mol. The number of hydrogen-bond donors (Lipinski definition) is 2. The fourth-order valence-corrected chi connectivity index (χ4v) is 1.04. The fourth-order valence-electron chi connectivity index (χ4n) is 1.04. The van der Waals surface area contributed by atoms with E-state index in [1.807, 2.05) is 13.8 Å². The van der Waals surface area contributed by atoms with Crippen LogP contribution >= 0.6 is 0 Å². The van der Waals surface area contributed by atoms with Crippen molar-refractivity contribution in [2.75, 3.05) is 19.8 Å². The molecular formula is C10H19NO5. The van der Waals surface area contributed by atoms with Gasteiger partial charge in [0.2, 0.25) is 5.91 Å². The van der Waals surface area contributed by atoms with Crippen molar-refractivity contribution in [2.24, 2.45) is 0 Å². The van der Waals surface area contributed by atoms with Gasteiger partial charge in [-0.2, -0.15) is 0 Å². The van der Waals surface area contributed by atoms with E-state index in [0.717, 1.165) is 0 Å². The number of nitrogens with one attached hydrogen (secondary N) is 1. The van der Waals surface area contributed by atoms with Crippen LogP contribution in [0, 0.1) is 0 Å². The summed E-state index contributed by atoms with van der Waals surface area (Å²) in [5.74, 6) is -1.30. The van der Waals surface area contributed by atoms with E-state index in [1.165, 1.54) is 0 Å².